The normalized spacial score (nSPS) is 27.8. The molecular weight excluding hydrogens is 380 g/mol. The van der Waals surface area contributed by atoms with Gasteiger partial charge in [-0.1, -0.05) is 30.3 Å². The average Bonchev–Trinajstić information content (AvgIpc) is 3.18. The molecule has 29 heavy (non-hydrogen) atoms. The lowest BCUT2D eigenvalue weighted by Crippen LogP contribution is -2.43. The number of rotatable bonds is 6. The molecule has 0 aliphatic carbocycles. The van der Waals surface area contributed by atoms with Crippen molar-refractivity contribution in [2.75, 3.05) is 6.61 Å². The fraction of sp³-hybridized carbons (Fsp3) is 0.500. The lowest BCUT2D eigenvalue weighted by atomic mass is 10.1. The maximum Gasteiger partial charge on any atom is 0.335 e. The van der Waals surface area contributed by atoms with Crippen molar-refractivity contribution in [2.45, 2.75) is 57.5 Å². The smallest absolute Gasteiger partial charge is 0.335 e. The van der Waals surface area contributed by atoms with Gasteiger partial charge in [0.05, 0.1) is 13.2 Å². The summed E-state index contributed by atoms with van der Waals surface area (Å²) in [5.41, 5.74) is -0.124. The van der Waals surface area contributed by atoms with Gasteiger partial charge < -0.3 is 24.1 Å². The number of nitrogens with zero attached hydrogens (tertiary/aromatic N) is 2. The van der Waals surface area contributed by atoms with Gasteiger partial charge in [0.1, 0.15) is 25.0 Å². The highest BCUT2D eigenvalue weighted by atomic mass is 16.8. The van der Waals surface area contributed by atoms with Gasteiger partial charge in [0.2, 0.25) is 0 Å². The molecule has 9 nitrogen and oxygen atoms in total. The van der Waals surface area contributed by atoms with Crippen LogP contribution in [0.4, 0.5) is 0 Å². The third-order valence-corrected chi connectivity index (χ3v) is 5.01. The Bertz CT molecular complexity index is 969. The molecule has 2 fully saturated rings. The second-order valence-electron chi connectivity index (χ2n) is 7.55. The molecule has 2 aromatic rings. The van der Waals surface area contributed by atoms with Gasteiger partial charge >= 0.3 is 5.69 Å². The molecule has 2 aliphatic rings. The second-order valence-corrected chi connectivity index (χ2v) is 7.55. The van der Waals surface area contributed by atoms with Crippen molar-refractivity contribution >= 4 is 0 Å². The first-order chi connectivity index (χ1) is 13.9. The summed E-state index contributed by atoms with van der Waals surface area (Å²) < 4.78 is 25.4. The van der Waals surface area contributed by atoms with Crippen LogP contribution >= 0.6 is 0 Å². The highest BCUT2D eigenvalue weighted by Crippen LogP contribution is 2.42. The number of aliphatic hydroxyl groups is 1. The molecule has 2 aliphatic heterocycles. The fourth-order valence-electron chi connectivity index (χ4n) is 3.70. The summed E-state index contributed by atoms with van der Waals surface area (Å²) in [6.45, 7) is 3.33. The van der Waals surface area contributed by atoms with Gasteiger partial charge in [0.15, 0.2) is 12.0 Å². The topological polar surface area (TPSA) is 101 Å². The van der Waals surface area contributed by atoms with Gasteiger partial charge in [0, 0.05) is 12.3 Å². The molecule has 1 unspecified atom stereocenters. The number of hydrogen-bond acceptors (Lipinski definition) is 7. The third-order valence-electron chi connectivity index (χ3n) is 5.01. The van der Waals surface area contributed by atoms with E-state index >= 15 is 0 Å². The van der Waals surface area contributed by atoms with Gasteiger partial charge in [-0.05, 0) is 19.4 Å². The molecular formula is C20H24N2O7. The summed E-state index contributed by atoms with van der Waals surface area (Å²) >= 11 is 0. The summed E-state index contributed by atoms with van der Waals surface area (Å²) in [5, 5.41) is 9.62. The van der Waals surface area contributed by atoms with Crippen LogP contribution in [0.5, 0.6) is 0 Å². The van der Waals surface area contributed by atoms with E-state index in [4.69, 9.17) is 18.9 Å². The summed E-state index contributed by atoms with van der Waals surface area (Å²) in [6, 6.07) is 10.7. The minimum atomic E-state index is -0.859. The molecule has 3 heterocycles. The molecule has 4 rings (SSSR count). The predicted molar refractivity (Wildman–Crippen MR) is 101 cm³/mol. The molecule has 0 spiro atoms. The molecule has 0 bridgehead atoms. The summed E-state index contributed by atoms with van der Waals surface area (Å²) in [6.07, 6.45) is -1.19. The second kappa shape index (κ2) is 7.85. The predicted octanol–water partition coefficient (Wildman–Crippen LogP) is 0.594. The third kappa shape index (κ3) is 3.92. The Morgan fingerprint density at radius 2 is 1.83 bits per heavy atom. The summed E-state index contributed by atoms with van der Waals surface area (Å²) in [4.78, 5) is 25.2. The van der Waals surface area contributed by atoms with Crippen LogP contribution in [-0.4, -0.2) is 44.9 Å². The van der Waals surface area contributed by atoms with Crippen LogP contribution in [0.1, 0.15) is 25.6 Å². The number of benzene rings is 1. The quantitative estimate of drug-likeness (QED) is 0.752. The molecule has 1 N–H and O–H groups in total. The first-order valence-corrected chi connectivity index (χ1v) is 9.45. The Labute approximate surface area is 167 Å². The van der Waals surface area contributed by atoms with E-state index in [1.165, 1.54) is 16.8 Å². The van der Waals surface area contributed by atoms with Crippen molar-refractivity contribution in [3.63, 3.8) is 0 Å². The molecule has 9 heteroatoms. The van der Waals surface area contributed by atoms with Gasteiger partial charge in [-0.15, -0.1) is 0 Å². The van der Waals surface area contributed by atoms with E-state index in [0.29, 0.717) is 0 Å². The number of aromatic nitrogens is 2. The van der Waals surface area contributed by atoms with Crippen LogP contribution in [0.3, 0.4) is 0 Å². The summed E-state index contributed by atoms with van der Waals surface area (Å²) in [7, 11) is 0. The van der Waals surface area contributed by atoms with E-state index in [1.807, 2.05) is 30.3 Å². The highest BCUT2D eigenvalue weighted by molar-refractivity contribution is 5.13. The maximum absolute atomic E-state index is 13.0. The highest BCUT2D eigenvalue weighted by Gasteiger charge is 2.55. The SMILES string of the molecule is CC1(C)OC2[C@@H](O1)[C@@H](CO)O[C@H]2n1ccc(=O)n(COCc2ccccc2)c1=O. The van der Waals surface area contributed by atoms with Crippen molar-refractivity contribution in [1.29, 1.82) is 0 Å². The zero-order valence-corrected chi connectivity index (χ0v) is 16.3. The number of ether oxygens (including phenoxy) is 4. The van der Waals surface area contributed by atoms with Crippen molar-refractivity contribution in [1.82, 2.24) is 9.13 Å². The molecule has 0 radical (unpaired) electrons. The molecule has 1 aromatic carbocycles. The van der Waals surface area contributed by atoms with E-state index < -0.39 is 41.6 Å². The lowest BCUT2D eigenvalue weighted by Gasteiger charge is -2.24. The van der Waals surface area contributed by atoms with Crippen LogP contribution in [0.15, 0.2) is 52.2 Å². The van der Waals surface area contributed by atoms with Crippen LogP contribution in [0.2, 0.25) is 0 Å². The number of fused-ring (bicyclic) bond motifs is 1. The lowest BCUT2D eigenvalue weighted by molar-refractivity contribution is -0.200. The maximum atomic E-state index is 13.0. The van der Waals surface area contributed by atoms with Crippen LogP contribution in [-0.2, 0) is 32.3 Å². The Balaban J connectivity index is 1.56. The van der Waals surface area contributed by atoms with Gasteiger partial charge in [0.25, 0.3) is 5.56 Å². The summed E-state index contributed by atoms with van der Waals surface area (Å²) in [5.74, 6) is -0.859. The van der Waals surface area contributed by atoms with E-state index in [-0.39, 0.29) is 19.9 Å². The Kier molecular flexibility index (Phi) is 5.41. The molecule has 1 aromatic heterocycles. The van der Waals surface area contributed by atoms with Crippen molar-refractivity contribution in [3.8, 4) is 0 Å². The van der Waals surface area contributed by atoms with Gasteiger partial charge in [-0.25, -0.2) is 9.36 Å². The Morgan fingerprint density at radius 1 is 1.10 bits per heavy atom. The number of hydrogen-bond donors (Lipinski definition) is 1. The monoisotopic (exact) mass is 404 g/mol. The molecule has 0 amide bonds. The molecule has 0 saturated carbocycles. The van der Waals surface area contributed by atoms with Gasteiger partial charge in [-0.3, -0.25) is 9.36 Å². The molecule has 2 saturated heterocycles. The molecule has 4 atom stereocenters. The van der Waals surface area contributed by atoms with Gasteiger partial charge in [-0.2, -0.15) is 0 Å². The zero-order valence-electron chi connectivity index (χ0n) is 16.3. The first-order valence-electron chi connectivity index (χ1n) is 9.45. The molecule has 156 valence electrons. The Hall–Kier alpha value is -2.30. The Morgan fingerprint density at radius 3 is 2.55 bits per heavy atom. The van der Waals surface area contributed by atoms with Crippen LogP contribution in [0, 0.1) is 0 Å². The van der Waals surface area contributed by atoms with E-state index in [9.17, 15) is 14.7 Å². The van der Waals surface area contributed by atoms with E-state index in [2.05, 4.69) is 0 Å². The van der Waals surface area contributed by atoms with Crippen molar-refractivity contribution in [3.05, 3.63) is 69.0 Å². The first kappa shape index (κ1) is 20.0. The van der Waals surface area contributed by atoms with Crippen molar-refractivity contribution < 1.29 is 24.1 Å². The van der Waals surface area contributed by atoms with Crippen LogP contribution in [0.25, 0.3) is 0 Å². The minimum absolute atomic E-state index is 0.194. The minimum Gasteiger partial charge on any atom is -0.394 e. The van der Waals surface area contributed by atoms with Crippen LogP contribution < -0.4 is 11.2 Å². The largest absolute Gasteiger partial charge is 0.394 e. The van der Waals surface area contributed by atoms with Crippen molar-refractivity contribution in [2.24, 2.45) is 0 Å². The zero-order chi connectivity index (χ0) is 20.6. The fourth-order valence-corrected chi connectivity index (χ4v) is 3.70. The number of aliphatic hydroxyl groups excluding tert-OH is 1. The standard InChI is InChI=1S/C20H24N2O7/c1-20(2)28-16-14(10-23)27-18(17(16)29-20)21-9-8-15(24)22(19(21)25)12-26-11-13-6-4-3-5-7-13/h3-9,14,16-18,23H,10-12H2,1-2H3/t14-,16+,17?,18-/m1/s1. The average molecular weight is 404 g/mol. The van der Waals surface area contributed by atoms with E-state index in [0.717, 1.165) is 10.1 Å². The van der Waals surface area contributed by atoms with E-state index in [1.54, 1.807) is 13.8 Å².